The van der Waals surface area contributed by atoms with E-state index in [1.54, 1.807) is 0 Å². The molecule has 0 atom stereocenters. The molecule has 0 radical (unpaired) electrons. The molecule has 3 aromatic rings. The van der Waals surface area contributed by atoms with Crippen molar-refractivity contribution in [2.45, 2.75) is 43.9 Å². The minimum Gasteiger partial charge on any atom is -0.416 e. The molecule has 0 aliphatic carbocycles. The maximum Gasteiger partial charge on any atom is 0.281 e. The first-order chi connectivity index (χ1) is 11.0. The van der Waals surface area contributed by atoms with Crippen molar-refractivity contribution >= 4 is 27.7 Å². The maximum atomic E-state index is 5.73. The van der Waals surface area contributed by atoms with Crippen molar-refractivity contribution in [3.63, 3.8) is 0 Å². The van der Waals surface area contributed by atoms with Crippen LogP contribution in [0.4, 0.5) is 0 Å². The van der Waals surface area contributed by atoms with Crippen LogP contribution in [-0.4, -0.2) is 20.0 Å². The molecule has 2 heterocycles. The normalized spacial score (nSPS) is 11.1. The van der Waals surface area contributed by atoms with Gasteiger partial charge in [-0.3, -0.25) is 4.68 Å². The van der Waals surface area contributed by atoms with Gasteiger partial charge in [0.1, 0.15) is 0 Å². The average Bonchev–Trinajstić information content (AvgIpc) is 3.08. The van der Waals surface area contributed by atoms with Gasteiger partial charge in [-0.25, -0.2) is 0 Å². The lowest BCUT2D eigenvalue weighted by molar-refractivity contribution is 0.399. The van der Waals surface area contributed by atoms with Crippen LogP contribution < -0.4 is 0 Å². The van der Waals surface area contributed by atoms with Crippen LogP contribution in [0.25, 0.3) is 0 Å². The summed E-state index contributed by atoms with van der Waals surface area (Å²) < 4.78 is 8.74. The van der Waals surface area contributed by atoms with Gasteiger partial charge in [0.05, 0.1) is 10.2 Å². The predicted molar refractivity (Wildman–Crippen MR) is 92.7 cm³/mol. The number of halogens is 1. The Morgan fingerprint density at radius 1 is 1.17 bits per heavy atom. The van der Waals surface area contributed by atoms with Gasteiger partial charge < -0.3 is 4.42 Å². The van der Waals surface area contributed by atoms with Crippen molar-refractivity contribution in [3.8, 4) is 0 Å². The lowest BCUT2D eigenvalue weighted by Crippen LogP contribution is -2.05. The van der Waals surface area contributed by atoms with E-state index in [2.05, 4.69) is 50.3 Å². The van der Waals surface area contributed by atoms with Gasteiger partial charge in [-0.05, 0) is 60.1 Å². The van der Waals surface area contributed by atoms with Crippen molar-refractivity contribution < 1.29 is 4.42 Å². The van der Waals surface area contributed by atoms with E-state index in [1.807, 2.05) is 30.7 Å². The lowest BCUT2D eigenvalue weighted by Gasteiger charge is -2.02. The highest BCUT2D eigenvalue weighted by Crippen LogP contribution is 2.29. The molecule has 0 unspecified atom stereocenters. The number of hydrogen-bond acceptors (Lipinski definition) is 5. The monoisotopic (exact) mass is 392 g/mol. The van der Waals surface area contributed by atoms with Crippen LogP contribution in [0.3, 0.4) is 0 Å². The maximum absolute atomic E-state index is 5.73. The van der Waals surface area contributed by atoms with E-state index in [4.69, 9.17) is 4.42 Å². The number of benzene rings is 1. The smallest absolute Gasteiger partial charge is 0.281 e. The first-order valence-electron chi connectivity index (χ1n) is 7.30. The average molecular weight is 393 g/mol. The summed E-state index contributed by atoms with van der Waals surface area (Å²) in [5.74, 6) is 0.629. The van der Waals surface area contributed by atoms with Crippen molar-refractivity contribution in [3.05, 3.63) is 51.6 Å². The molecule has 0 aliphatic heterocycles. The molecule has 1 aromatic carbocycles. The second-order valence-electron chi connectivity index (χ2n) is 5.29. The fraction of sp³-hybridized carbons (Fsp3) is 0.312. The minimum absolute atomic E-state index is 0.573. The van der Waals surface area contributed by atoms with Crippen LogP contribution in [-0.2, 0) is 13.0 Å². The SMILES string of the molecule is Cc1ccccc1Sc1nnc(CCn2nc(C)c(Br)c2C)o1. The molecule has 0 bridgehead atoms. The summed E-state index contributed by atoms with van der Waals surface area (Å²) in [6.45, 7) is 6.81. The summed E-state index contributed by atoms with van der Waals surface area (Å²) in [4.78, 5) is 1.13. The van der Waals surface area contributed by atoms with Crippen molar-refractivity contribution in [1.82, 2.24) is 20.0 Å². The van der Waals surface area contributed by atoms with E-state index in [9.17, 15) is 0 Å². The van der Waals surface area contributed by atoms with Crippen LogP contribution in [0, 0.1) is 20.8 Å². The Labute approximate surface area is 147 Å². The molecule has 0 amide bonds. The number of rotatable bonds is 5. The summed E-state index contributed by atoms with van der Waals surface area (Å²) in [5, 5.41) is 13.3. The molecule has 5 nitrogen and oxygen atoms in total. The molecule has 7 heteroatoms. The van der Waals surface area contributed by atoms with Crippen LogP contribution in [0.1, 0.15) is 22.8 Å². The van der Waals surface area contributed by atoms with E-state index in [0.29, 0.717) is 17.5 Å². The van der Waals surface area contributed by atoms with Gasteiger partial charge in [-0.1, -0.05) is 18.2 Å². The zero-order chi connectivity index (χ0) is 16.4. The number of aryl methyl sites for hydroxylation is 4. The zero-order valence-corrected chi connectivity index (χ0v) is 15.6. The topological polar surface area (TPSA) is 56.7 Å². The molecule has 0 saturated heterocycles. The highest BCUT2D eigenvalue weighted by molar-refractivity contribution is 9.10. The molecular formula is C16H17BrN4OS. The van der Waals surface area contributed by atoms with Crippen molar-refractivity contribution in [2.24, 2.45) is 0 Å². The second-order valence-corrected chi connectivity index (χ2v) is 7.07. The molecular weight excluding hydrogens is 376 g/mol. The number of nitrogens with zero attached hydrogens (tertiary/aromatic N) is 4. The van der Waals surface area contributed by atoms with E-state index in [-0.39, 0.29) is 0 Å². The Kier molecular flexibility index (Phi) is 4.87. The van der Waals surface area contributed by atoms with Gasteiger partial charge in [0.15, 0.2) is 0 Å². The third-order valence-electron chi connectivity index (χ3n) is 3.57. The van der Waals surface area contributed by atoms with Gasteiger partial charge in [-0.15, -0.1) is 10.2 Å². The Hall–Kier alpha value is -1.60. The number of aromatic nitrogens is 4. The zero-order valence-electron chi connectivity index (χ0n) is 13.2. The molecule has 0 saturated carbocycles. The molecule has 0 spiro atoms. The van der Waals surface area contributed by atoms with Gasteiger partial charge in [-0.2, -0.15) is 5.10 Å². The fourth-order valence-electron chi connectivity index (χ4n) is 2.24. The van der Waals surface area contributed by atoms with Crippen LogP contribution in [0.5, 0.6) is 0 Å². The minimum atomic E-state index is 0.573. The lowest BCUT2D eigenvalue weighted by atomic mass is 10.2. The standard InChI is InChI=1S/C16H17BrN4OS/c1-10-6-4-5-7-13(10)23-16-19-18-14(22-16)8-9-21-12(3)15(17)11(2)20-21/h4-7H,8-9H2,1-3H3. The first kappa shape index (κ1) is 16.3. The van der Waals surface area contributed by atoms with E-state index in [1.165, 1.54) is 17.3 Å². The Bertz CT molecular complexity index is 827. The van der Waals surface area contributed by atoms with Gasteiger partial charge in [0, 0.05) is 23.6 Å². The van der Waals surface area contributed by atoms with E-state index in [0.717, 1.165) is 27.3 Å². The molecule has 0 fully saturated rings. The van der Waals surface area contributed by atoms with E-state index >= 15 is 0 Å². The molecule has 2 aromatic heterocycles. The van der Waals surface area contributed by atoms with Crippen molar-refractivity contribution in [1.29, 1.82) is 0 Å². The van der Waals surface area contributed by atoms with E-state index < -0.39 is 0 Å². The fourth-order valence-corrected chi connectivity index (χ4v) is 3.31. The molecule has 0 aliphatic rings. The molecule has 0 N–H and O–H groups in total. The summed E-state index contributed by atoms with van der Waals surface area (Å²) in [6, 6.07) is 8.15. The largest absolute Gasteiger partial charge is 0.416 e. The summed E-state index contributed by atoms with van der Waals surface area (Å²) in [5.41, 5.74) is 3.30. The number of hydrogen-bond donors (Lipinski definition) is 0. The molecule has 3 rings (SSSR count). The molecule has 23 heavy (non-hydrogen) atoms. The summed E-state index contributed by atoms with van der Waals surface area (Å²) in [6.07, 6.45) is 0.662. The van der Waals surface area contributed by atoms with Crippen molar-refractivity contribution in [2.75, 3.05) is 0 Å². The Morgan fingerprint density at radius 2 is 1.96 bits per heavy atom. The predicted octanol–water partition coefficient (Wildman–Crippen LogP) is 4.35. The highest BCUT2D eigenvalue weighted by Gasteiger charge is 2.12. The first-order valence-corrected chi connectivity index (χ1v) is 8.91. The quantitative estimate of drug-likeness (QED) is 0.645. The Balaban J connectivity index is 1.65. The van der Waals surface area contributed by atoms with Gasteiger partial charge in [0.2, 0.25) is 5.89 Å². The third kappa shape index (κ3) is 3.67. The third-order valence-corrected chi connectivity index (χ3v) is 5.74. The summed E-state index contributed by atoms with van der Waals surface area (Å²) in [7, 11) is 0. The highest BCUT2D eigenvalue weighted by atomic mass is 79.9. The Morgan fingerprint density at radius 3 is 2.65 bits per heavy atom. The van der Waals surface area contributed by atoms with Gasteiger partial charge in [0.25, 0.3) is 5.22 Å². The second kappa shape index (κ2) is 6.88. The molecule has 120 valence electrons. The van der Waals surface area contributed by atoms with Crippen LogP contribution >= 0.6 is 27.7 Å². The van der Waals surface area contributed by atoms with Crippen LogP contribution in [0.2, 0.25) is 0 Å². The van der Waals surface area contributed by atoms with Gasteiger partial charge >= 0.3 is 0 Å². The van der Waals surface area contributed by atoms with Crippen LogP contribution in [0.15, 0.2) is 43.3 Å². The summed E-state index contributed by atoms with van der Waals surface area (Å²) >= 11 is 5.03.